The first-order chi connectivity index (χ1) is 6.13. The lowest BCUT2D eigenvalue weighted by Crippen LogP contribution is -2.11. The molecule has 0 heterocycles. The molecule has 1 N–H and O–H groups in total. The molecule has 1 nitrogen and oxygen atoms in total. The van der Waals surface area contributed by atoms with Crippen molar-refractivity contribution >= 4 is 37.5 Å². The molecule has 0 aliphatic carbocycles. The van der Waals surface area contributed by atoms with Gasteiger partial charge in [-0.05, 0) is 41.1 Å². The maximum Gasteiger partial charge on any atom is 0.0489 e. The molecule has 0 spiro atoms. The Morgan fingerprint density at radius 1 is 1.46 bits per heavy atom. The van der Waals surface area contributed by atoms with E-state index in [4.69, 9.17) is 0 Å². The number of nitrogens with one attached hydrogen (secondary N) is 1. The van der Waals surface area contributed by atoms with Gasteiger partial charge in [0.25, 0.3) is 0 Å². The molecule has 3 heteroatoms. The van der Waals surface area contributed by atoms with E-state index >= 15 is 0 Å². The number of hydrogen-bond donors (Lipinski definition) is 1. The van der Waals surface area contributed by atoms with Crippen molar-refractivity contribution in [2.45, 2.75) is 13.0 Å². The van der Waals surface area contributed by atoms with Crippen LogP contribution < -0.4 is 5.32 Å². The van der Waals surface area contributed by atoms with Crippen LogP contribution in [0.2, 0.25) is 0 Å². The molecule has 0 aliphatic rings. The summed E-state index contributed by atoms with van der Waals surface area (Å²) < 4.78 is 2.12. The van der Waals surface area contributed by atoms with Crippen LogP contribution in [0, 0.1) is 0 Å². The zero-order valence-corrected chi connectivity index (χ0v) is 10.5. The molecule has 1 atom stereocenters. The summed E-state index contributed by atoms with van der Waals surface area (Å²) in [6.45, 7) is 5.77. The van der Waals surface area contributed by atoms with Crippen molar-refractivity contribution in [3.63, 3.8) is 0 Å². The Morgan fingerprint density at radius 2 is 2.15 bits per heavy atom. The molecule has 0 amide bonds. The molecule has 0 aliphatic heterocycles. The van der Waals surface area contributed by atoms with E-state index in [0.717, 1.165) is 14.6 Å². The summed E-state index contributed by atoms with van der Waals surface area (Å²) in [6.07, 6.45) is 1.87. The highest BCUT2D eigenvalue weighted by Gasteiger charge is 2.01. The van der Waals surface area contributed by atoms with E-state index in [1.807, 2.05) is 24.3 Å². The minimum Gasteiger partial charge on any atom is -0.378 e. The molecule has 0 saturated heterocycles. The first-order valence-electron chi connectivity index (χ1n) is 3.97. The van der Waals surface area contributed by atoms with Gasteiger partial charge in [-0.15, -0.1) is 6.58 Å². The van der Waals surface area contributed by atoms with E-state index in [0.29, 0.717) is 0 Å². The summed E-state index contributed by atoms with van der Waals surface area (Å²) in [5, 5.41) is 3.30. The smallest absolute Gasteiger partial charge is 0.0489 e. The van der Waals surface area contributed by atoms with Gasteiger partial charge < -0.3 is 5.32 Å². The minimum atomic E-state index is 0.275. The highest BCUT2D eigenvalue weighted by Crippen LogP contribution is 2.26. The van der Waals surface area contributed by atoms with Crippen molar-refractivity contribution in [1.82, 2.24) is 0 Å². The molecular formula is C10H11Br2N. The van der Waals surface area contributed by atoms with Gasteiger partial charge in [-0.1, -0.05) is 22.0 Å². The van der Waals surface area contributed by atoms with Gasteiger partial charge in [0.05, 0.1) is 0 Å². The van der Waals surface area contributed by atoms with Gasteiger partial charge in [0.1, 0.15) is 0 Å². The molecule has 13 heavy (non-hydrogen) atoms. The van der Waals surface area contributed by atoms with Gasteiger partial charge in [0.2, 0.25) is 0 Å². The van der Waals surface area contributed by atoms with Crippen LogP contribution in [0.25, 0.3) is 0 Å². The SMILES string of the molecule is C=CC(C)Nc1ccc(Br)cc1Br. The molecule has 0 radical (unpaired) electrons. The van der Waals surface area contributed by atoms with Crippen molar-refractivity contribution in [2.24, 2.45) is 0 Å². The molecule has 1 unspecified atom stereocenters. The monoisotopic (exact) mass is 303 g/mol. The summed E-state index contributed by atoms with van der Waals surface area (Å²) >= 11 is 6.88. The summed E-state index contributed by atoms with van der Waals surface area (Å²) in [6, 6.07) is 6.31. The number of rotatable bonds is 3. The highest BCUT2D eigenvalue weighted by molar-refractivity contribution is 9.11. The summed E-state index contributed by atoms with van der Waals surface area (Å²) in [5.74, 6) is 0. The number of hydrogen-bond acceptors (Lipinski definition) is 1. The third-order valence-corrected chi connectivity index (χ3v) is 2.82. The van der Waals surface area contributed by atoms with Crippen LogP contribution in [-0.2, 0) is 0 Å². The second-order valence-corrected chi connectivity index (χ2v) is 4.56. The Kier molecular flexibility index (Phi) is 4.00. The van der Waals surface area contributed by atoms with Crippen LogP contribution in [0.15, 0.2) is 39.8 Å². The highest BCUT2D eigenvalue weighted by atomic mass is 79.9. The predicted molar refractivity (Wildman–Crippen MR) is 65.1 cm³/mol. The largest absolute Gasteiger partial charge is 0.378 e. The van der Waals surface area contributed by atoms with E-state index in [2.05, 4.69) is 50.7 Å². The fourth-order valence-electron chi connectivity index (χ4n) is 0.911. The van der Waals surface area contributed by atoms with Gasteiger partial charge in [0.15, 0.2) is 0 Å². The zero-order chi connectivity index (χ0) is 9.84. The topological polar surface area (TPSA) is 12.0 Å². The third kappa shape index (κ3) is 3.16. The lowest BCUT2D eigenvalue weighted by atomic mass is 10.2. The molecule has 0 aromatic heterocycles. The van der Waals surface area contributed by atoms with Crippen molar-refractivity contribution in [1.29, 1.82) is 0 Å². The summed E-state index contributed by atoms with van der Waals surface area (Å²) in [7, 11) is 0. The Bertz CT molecular complexity index is 310. The Hall–Kier alpha value is -0.280. The zero-order valence-electron chi connectivity index (χ0n) is 7.35. The minimum absolute atomic E-state index is 0.275. The first kappa shape index (κ1) is 10.8. The van der Waals surface area contributed by atoms with Crippen LogP contribution >= 0.6 is 31.9 Å². The van der Waals surface area contributed by atoms with Crippen LogP contribution in [0.5, 0.6) is 0 Å². The Morgan fingerprint density at radius 3 is 2.69 bits per heavy atom. The maximum absolute atomic E-state index is 3.72. The van der Waals surface area contributed by atoms with Gasteiger partial charge in [0, 0.05) is 20.7 Å². The van der Waals surface area contributed by atoms with Crippen molar-refractivity contribution in [3.8, 4) is 0 Å². The lowest BCUT2D eigenvalue weighted by molar-refractivity contribution is 0.999. The van der Waals surface area contributed by atoms with E-state index < -0.39 is 0 Å². The summed E-state index contributed by atoms with van der Waals surface area (Å²) in [4.78, 5) is 0. The fraction of sp³-hybridized carbons (Fsp3) is 0.200. The number of halogens is 2. The van der Waals surface area contributed by atoms with Gasteiger partial charge in [-0.2, -0.15) is 0 Å². The molecule has 0 fully saturated rings. The lowest BCUT2D eigenvalue weighted by Gasteiger charge is -2.12. The van der Waals surface area contributed by atoms with E-state index in [1.54, 1.807) is 0 Å². The maximum atomic E-state index is 3.72. The van der Waals surface area contributed by atoms with Crippen LogP contribution in [0.1, 0.15) is 6.92 Å². The average molecular weight is 305 g/mol. The summed E-state index contributed by atoms with van der Waals surface area (Å²) in [5.41, 5.74) is 1.08. The normalized spacial score (nSPS) is 12.2. The van der Waals surface area contributed by atoms with Crippen LogP contribution in [0.4, 0.5) is 5.69 Å². The molecule has 0 bridgehead atoms. The van der Waals surface area contributed by atoms with E-state index in [-0.39, 0.29) is 6.04 Å². The molecular weight excluding hydrogens is 294 g/mol. The Balaban J connectivity index is 2.83. The van der Waals surface area contributed by atoms with Crippen molar-refractivity contribution in [3.05, 3.63) is 39.8 Å². The molecule has 70 valence electrons. The average Bonchev–Trinajstić information content (AvgIpc) is 2.09. The van der Waals surface area contributed by atoms with Gasteiger partial charge in [-0.3, -0.25) is 0 Å². The second kappa shape index (κ2) is 4.82. The predicted octanol–water partition coefficient (Wildman–Crippen LogP) is 4.20. The second-order valence-electron chi connectivity index (χ2n) is 2.79. The number of anilines is 1. The first-order valence-corrected chi connectivity index (χ1v) is 5.56. The molecule has 1 aromatic carbocycles. The number of benzene rings is 1. The van der Waals surface area contributed by atoms with E-state index in [1.165, 1.54) is 0 Å². The van der Waals surface area contributed by atoms with Crippen molar-refractivity contribution in [2.75, 3.05) is 5.32 Å². The van der Waals surface area contributed by atoms with Crippen molar-refractivity contribution < 1.29 is 0 Å². The van der Waals surface area contributed by atoms with E-state index in [9.17, 15) is 0 Å². The quantitative estimate of drug-likeness (QED) is 0.825. The third-order valence-electron chi connectivity index (χ3n) is 1.67. The van der Waals surface area contributed by atoms with Gasteiger partial charge >= 0.3 is 0 Å². The molecule has 0 saturated carbocycles. The molecule has 1 rings (SSSR count). The molecule has 1 aromatic rings. The fourth-order valence-corrected chi connectivity index (χ4v) is 2.07. The van der Waals surface area contributed by atoms with Crippen LogP contribution in [0.3, 0.4) is 0 Å². The standard InChI is InChI=1S/C10H11Br2N/c1-3-7(2)13-10-5-4-8(11)6-9(10)12/h3-7,13H,1H2,2H3. The van der Waals surface area contributed by atoms with Gasteiger partial charge in [-0.25, -0.2) is 0 Å². The Labute approximate surface area is 95.5 Å². The van der Waals surface area contributed by atoms with Crippen LogP contribution in [-0.4, -0.2) is 6.04 Å².